The van der Waals surface area contributed by atoms with E-state index in [1.807, 2.05) is 60.7 Å². The quantitative estimate of drug-likeness (QED) is 0.285. The first-order valence-corrected chi connectivity index (χ1v) is 13.1. The number of hydrogen-bond acceptors (Lipinski definition) is 7. The number of ether oxygens (including phenoxy) is 2. The summed E-state index contributed by atoms with van der Waals surface area (Å²) in [4.78, 5) is 24.1. The number of aromatic nitrogens is 2. The van der Waals surface area contributed by atoms with E-state index < -0.39 is 5.79 Å². The molecule has 0 bridgehead atoms. The van der Waals surface area contributed by atoms with Crippen LogP contribution >= 0.6 is 23.4 Å². The van der Waals surface area contributed by atoms with Crippen LogP contribution in [0, 0.1) is 0 Å². The van der Waals surface area contributed by atoms with Crippen LogP contribution in [0.3, 0.4) is 0 Å². The molecule has 0 unspecified atom stereocenters. The van der Waals surface area contributed by atoms with Gasteiger partial charge < -0.3 is 19.7 Å². The van der Waals surface area contributed by atoms with E-state index in [1.54, 1.807) is 6.07 Å². The molecule has 3 aromatic rings. The lowest BCUT2D eigenvalue weighted by molar-refractivity contribution is -0.169. The van der Waals surface area contributed by atoms with Crippen molar-refractivity contribution in [3.63, 3.8) is 0 Å². The maximum absolute atomic E-state index is 12.9. The molecule has 2 aromatic carbocycles. The number of carbonyl (C=O) groups is 1. The Balaban J connectivity index is 1.23. The number of halogens is 1. The van der Waals surface area contributed by atoms with Crippen molar-refractivity contribution < 1.29 is 14.3 Å². The molecule has 182 valence electrons. The highest BCUT2D eigenvalue weighted by Crippen LogP contribution is 2.33. The molecule has 3 heterocycles. The first-order valence-electron chi connectivity index (χ1n) is 11.7. The summed E-state index contributed by atoms with van der Waals surface area (Å²) >= 11 is 7.59. The predicted molar refractivity (Wildman–Crippen MR) is 137 cm³/mol. The van der Waals surface area contributed by atoms with E-state index in [0.717, 1.165) is 42.9 Å². The van der Waals surface area contributed by atoms with E-state index in [9.17, 15) is 4.79 Å². The fourth-order valence-corrected chi connectivity index (χ4v) is 5.35. The fraction of sp³-hybridized carbons (Fsp3) is 0.346. The summed E-state index contributed by atoms with van der Waals surface area (Å²) in [6, 6.07) is 21.4. The van der Waals surface area contributed by atoms with Gasteiger partial charge in [0.15, 0.2) is 10.9 Å². The van der Waals surface area contributed by atoms with Gasteiger partial charge >= 0.3 is 0 Å². The lowest BCUT2D eigenvalue weighted by Gasteiger charge is -2.38. The molecule has 2 aliphatic heterocycles. The molecule has 1 aromatic heterocycles. The maximum atomic E-state index is 12.9. The number of benzene rings is 2. The van der Waals surface area contributed by atoms with E-state index in [1.165, 1.54) is 11.8 Å². The first kappa shape index (κ1) is 24.1. The Labute approximate surface area is 214 Å². The molecule has 0 aliphatic carbocycles. The molecule has 0 saturated carbocycles. The number of hydrogen-bond donors (Lipinski definition) is 1. The van der Waals surface area contributed by atoms with Gasteiger partial charge in [0.2, 0.25) is 5.91 Å². The van der Waals surface area contributed by atoms with E-state index in [2.05, 4.69) is 20.2 Å². The monoisotopic (exact) mass is 510 g/mol. The molecule has 1 spiro atoms. The van der Waals surface area contributed by atoms with Crippen LogP contribution in [0.25, 0.3) is 0 Å². The third-order valence-corrected chi connectivity index (χ3v) is 7.27. The van der Waals surface area contributed by atoms with Crippen molar-refractivity contribution in [1.29, 1.82) is 0 Å². The van der Waals surface area contributed by atoms with Crippen molar-refractivity contribution in [3.05, 3.63) is 83.0 Å². The summed E-state index contributed by atoms with van der Waals surface area (Å²) in [6.45, 7) is 2.82. The summed E-state index contributed by atoms with van der Waals surface area (Å²) in [6.07, 6.45) is 1.56. The molecule has 1 N–H and O–H groups in total. The highest BCUT2D eigenvalue weighted by atomic mass is 35.5. The molecule has 0 radical (unpaired) electrons. The van der Waals surface area contributed by atoms with E-state index in [4.69, 9.17) is 21.1 Å². The molecule has 2 aliphatic rings. The molecule has 2 fully saturated rings. The minimum Gasteiger partial charge on any atom is -0.356 e. The zero-order chi connectivity index (χ0) is 24.1. The highest BCUT2D eigenvalue weighted by molar-refractivity contribution is 7.99. The van der Waals surface area contributed by atoms with Crippen molar-refractivity contribution in [2.24, 2.45) is 0 Å². The van der Waals surface area contributed by atoms with Crippen LogP contribution in [0.5, 0.6) is 0 Å². The Bertz CT molecular complexity index is 1100. The Hall–Kier alpha value is -2.65. The summed E-state index contributed by atoms with van der Waals surface area (Å²) in [5, 5.41) is 3.99. The van der Waals surface area contributed by atoms with Gasteiger partial charge in [0.25, 0.3) is 0 Å². The second kappa shape index (κ2) is 11.0. The Morgan fingerprint density at radius 1 is 1.00 bits per heavy atom. The van der Waals surface area contributed by atoms with Crippen LogP contribution < -0.4 is 10.2 Å². The van der Waals surface area contributed by atoms with Gasteiger partial charge in [-0.2, -0.15) is 0 Å². The molecule has 5 rings (SSSR count). The molecule has 2 saturated heterocycles. The van der Waals surface area contributed by atoms with Gasteiger partial charge in [-0.15, -0.1) is 0 Å². The average Bonchev–Trinajstić information content (AvgIpc) is 3.35. The lowest BCUT2D eigenvalue weighted by Crippen LogP contribution is -2.45. The minimum absolute atomic E-state index is 0.103. The van der Waals surface area contributed by atoms with Gasteiger partial charge in [-0.1, -0.05) is 84.0 Å². The Morgan fingerprint density at radius 2 is 1.60 bits per heavy atom. The molecule has 1 amide bonds. The van der Waals surface area contributed by atoms with Crippen LogP contribution in [0.4, 0.5) is 5.82 Å². The Kier molecular flexibility index (Phi) is 7.53. The largest absolute Gasteiger partial charge is 0.356 e. The molecule has 35 heavy (non-hydrogen) atoms. The first-order chi connectivity index (χ1) is 17.1. The van der Waals surface area contributed by atoms with Crippen molar-refractivity contribution in [3.8, 4) is 0 Å². The van der Waals surface area contributed by atoms with Crippen LogP contribution in [-0.2, 0) is 14.3 Å². The van der Waals surface area contributed by atoms with Crippen molar-refractivity contribution >= 4 is 35.1 Å². The van der Waals surface area contributed by atoms with E-state index >= 15 is 0 Å². The number of nitrogens with zero attached hydrogens (tertiary/aromatic N) is 3. The highest BCUT2D eigenvalue weighted by Gasteiger charge is 2.40. The minimum atomic E-state index is -0.447. The van der Waals surface area contributed by atoms with Crippen LogP contribution in [0.15, 0.2) is 71.9 Å². The number of rotatable bonds is 7. The molecule has 7 nitrogen and oxygen atoms in total. The number of thioether (sulfide) groups is 1. The molecule has 0 atom stereocenters. The molecule has 9 heteroatoms. The zero-order valence-electron chi connectivity index (χ0n) is 19.2. The van der Waals surface area contributed by atoms with Crippen molar-refractivity contribution in [2.75, 3.05) is 37.0 Å². The fourth-order valence-electron chi connectivity index (χ4n) is 4.46. The second-order valence-corrected chi connectivity index (χ2v) is 9.87. The van der Waals surface area contributed by atoms with Gasteiger partial charge in [-0.3, -0.25) is 4.79 Å². The van der Waals surface area contributed by atoms with Crippen LogP contribution in [0.2, 0.25) is 5.15 Å². The van der Waals surface area contributed by atoms with Gasteiger partial charge in [-0.25, -0.2) is 9.97 Å². The standard InChI is InChI=1S/C26H27ClN4O3S/c27-21-17-22(31-13-11-26(12-14-31)33-15-16-34-26)29-25(28-21)35-18-23(32)30-24(19-7-3-1-4-8-19)20-9-5-2-6-10-20/h1-10,17,24H,11-16,18H2,(H,30,32). The van der Waals surface area contributed by atoms with Crippen LogP contribution in [0.1, 0.15) is 30.0 Å². The van der Waals surface area contributed by atoms with E-state index in [0.29, 0.717) is 23.5 Å². The average molecular weight is 511 g/mol. The van der Waals surface area contributed by atoms with Crippen molar-refractivity contribution in [2.45, 2.75) is 29.8 Å². The van der Waals surface area contributed by atoms with Gasteiger partial charge in [-0.05, 0) is 11.1 Å². The smallest absolute Gasteiger partial charge is 0.231 e. The molecular weight excluding hydrogens is 484 g/mol. The number of anilines is 1. The van der Waals surface area contributed by atoms with Crippen molar-refractivity contribution in [1.82, 2.24) is 15.3 Å². The third kappa shape index (κ3) is 5.95. The predicted octanol–water partition coefficient (Wildman–Crippen LogP) is 4.47. The maximum Gasteiger partial charge on any atom is 0.231 e. The topological polar surface area (TPSA) is 76.6 Å². The zero-order valence-corrected chi connectivity index (χ0v) is 20.8. The second-order valence-electron chi connectivity index (χ2n) is 8.54. The summed E-state index contributed by atoms with van der Waals surface area (Å²) in [5.74, 6) is 0.387. The number of piperidine rings is 1. The van der Waals surface area contributed by atoms with Gasteiger partial charge in [0.05, 0.1) is 25.0 Å². The number of nitrogens with one attached hydrogen (secondary N) is 1. The summed E-state index contributed by atoms with van der Waals surface area (Å²) in [5.41, 5.74) is 2.05. The third-order valence-electron chi connectivity index (χ3n) is 6.23. The van der Waals surface area contributed by atoms with Gasteiger partial charge in [0.1, 0.15) is 11.0 Å². The summed E-state index contributed by atoms with van der Waals surface area (Å²) < 4.78 is 11.6. The summed E-state index contributed by atoms with van der Waals surface area (Å²) in [7, 11) is 0. The SMILES string of the molecule is O=C(CSc1nc(Cl)cc(N2CCC3(CC2)OCCO3)n1)NC(c1ccccc1)c1ccccc1. The lowest BCUT2D eigenvalue weighted by atomic mass is 9.99. The van der Waals surface area contributed by atoms with Crippen LogP contribution in [-0.4, -0.2) is 53.7 Å². The number of carbonyl (C=O) groups excluding carboxylic acids is 1. The Morgan fingerprint density at radius 3 is 2.20 bits per heavy atom. The number of amides is 1. The van der Waals surface area contributed by atoms with E-state index in [-0.39, 0.29) is 17.7 Å². The normalized spacial score (nSPS) is 17.1. The molecular formula is C26H27ClN4O3S. The van der Waals surface area contributed by atoms with Gasteiger partial charge in [0, 0.05) is 32.0 Å².